The average molecular weight is 220 g/mol. The number of hydrogen-bond donors (Lipinski definition) is 2. The van der Waals surface area contributed by atoms with Crippen LogP contribution in [0.1, 0.15) is 21.9 Å². The Bertz CT molecular complexity index is 512. The third kappa shape index (κ3) is 1.67. The molecule has 0 aliphatic rings. The number of nitrogens with one attached hydrogen (secondary N) is 2. The van der Waals surface area contributed by atoms with Gasteiger partial charge >= 0.3 is 0 Å². The summed E-state index contributed by atoms with van der Waals surface area (Å²) in [5.74, 6) is -0.298. The van der Waals surface area contributed by atoms with Crippen LogP contribution in [0, 0.1) is 13.8 Å². The van der Waals surface area contributed by atoms with E-state index >= 15 is 0 Å². The van der Waals surface area contributed by atoms with Crippen molar-refractivity contribution >= 4 is 11.6 Å². The van der Waals surface area contributed by atoms with Crippen LogP contribution in [0.15, 0.2) is 6.20 Å². The summed E-state index contributed by atoms with van der Waals surface area (Å²) in [5.41, 5.74) is 2.64. The molecule has 2 rings (SSSR count). The fourth-order valence-corrected chi connectivity index (χ4v) is 1.44. The maximum absolute atomic E-state index is 11.7. The summed E-state index contributed by atoms with van der Waals surface area (Å²) < 4.78 is 1.72. The molecule has 0 unspecified atom stereocenters. The van der Waals surface area contributed by atoms with Gasteiger partial charge in [0.2, 0.25) is 0 Å². The van der Waals surface area contributed by atoms with Gasteiger partial charge in [-0.25, -0.2) is 0 Å². The van der Waals surface area contributed by atoms with Crippen LogP contribution in [-0.2, 0) is 7.05 Å². The Kier molecular flexibility index (Phi) is 2.43. The standard InChI is InChI=1S/C9H12N6O/c1-5-8(6(2)15(3)13-5)11-9(16)7-4-10-14-12-7/h4H,1-3H3,(H,11,16)(H,10,12,14). The highest BCUT2D eigenvalue weighted by molar-refractivity contribution is 6.03. The SMILES string of the molecule is Cc1nn(C)c(C)c1NC(=O)c1cn[nH]n1. The van der Waals surface area contributed by atoms with E-state index in [9.17, 15) is 4.79 Å². The van der Waals surface area contributed by atoms with Gasteiger partial charge in [0, 0.05) is 7.05 Å². The molecule has 0 radical (unpaired) electrons. The number of aromatic nitrogens is 5. The molecule has 7 nitrogen and oxygen atoms in total. The molecular weight excluding hydrogens is 208 g/mol. The van der Waals surface area contributed by atoms with E-state index in [1.807, 2.05) is 20.9 Å². The fraction of sp³-hybridized carbons (Fsp3) is 0.333. The molecule has 0 saturated carbocycles. The third-order valence-electron chi connectivity index (χ3n) is 2.40. The molecule has 16 heavy (non-hydrogen) atoms. The number of rotatable bonds is 2. The molecule has 1 amide bonds. The first-order chi connectivity index (χ1) is 7.59. The van der Waals surface area contributed by atoms with Crippen LogP contribution >= 0.6 is 0 Å². The Hall–Kier alpha value is -2.18. The number of carbonyl (C=O) groups is 1. The number of aromatic amines is 1. The molecule has 0 spiro atoms. The van der Waals surface area contributed by atoms with Gasteiger partial charge in [-0.05, 0) is 13.8 Å². The predicted octanol–water partition coefficient (Wildman–Crippen LogP) is 0.407. The number of carbonyl (C=O) groups excluding carboxylic acids is 1. The lowest BCUT2D eigenvalue weighted by Crippen LogP contribution is -2.13. The maximum atomic E-state index is 11.7. The molecule has 0 fully saturated rings. The molecule has 2 N–H and O–H groups in total. The number of H-pyrrole nitrogens is 1. The average Bonchev–Trinajstić information content (AvgIpc) is 2.83. The minimum Gasteiger partial charge on any atom is -0.317 e. The molecule has 2 aromatic heterocycles. The van der Waals surface area contributed by atoms with Gasteiger partial charge in [0.15, 0.2) is 5.69 Å². The van der Waals surface area contributed by atoms with Crippen molar-refractivity contribution in [3.63, 3.8) is 0 Å². The minimum atomic E-state index is -0.298. The van der Waals surface area contributed by atoms with E-state index in [0.717, 1.165) is 17.1 Å². The quantitative estimate of drug-likeness (QED) is 0.767. The molecule has 2 heterocycles. The van der Waals surface area contributed by atoms with Gasteiger partial charge in [0.1, 0.15) is 0 Å². The molecule has 2 aromatic rings. The molecule has 7 heteroatoms. The highest BCUT2D eigenvalue weighted by Gasteiger charge is 2.15. The zero-order valence-corrected chi connectivity index (χ0v) is 9.27. The number of aryl methyl sites for hydroxylation is 2. The normalized spacial score (nSPS) is 10.4. The summed E-state index contributed by atoms with van der Waals surface area (Å²) in [7, 11) is 1.83. The largest absolute Gasteiger partial charge is 0.317 e. The molecule has 0 aliphatic heterocycles. The van der Waals surface area contributed by atoms with Gasteiger partial charge in [0.05, 0.1) is 23.3 Å². The lowest BCUT2D eigenvalue weighted by atomic mass is 10.3. The summed E-state index contributed by atoms with van der Waals surface area (Å²) in [6.07, 6.45) is 1.37. The summed E-state index contributed by atoms with van der Waals surface area (Å²) in [5, 5.41) is 16.6. The predicted molar refractivity (Wildman–Crippen MR) is 57.0 cm³/mol. The second-order valence-electron chi connectivity index (χ2n) is 3.48. The van der Waals surface area contributed by atoms with Crippen LogP contribution < -0.4 is 5.32 Å². The van der Waals surface area contributed by atoms with Crippen molar-refractivity contribution in [3.8, 4) is 0 Å². The Morgan fingerprint density at radius 1 is 1.50 bits per heavy atom. The van der Waals surface area contributed by atoms with Crippen LogP contribution in [-0.4, -0.2) is 31.1 Å². The van der Waals surface area contributed by atoms with E-state index in [0.29, 0.717) is 0 Å². The highest BCUT2D eigenvalue weighted by atomic mass is 16.2. The van der Waals surface area contributed by atoms with Crippen LogP contribution in [0.4, 0.5) is 5.69 Å². The van der Waals surface area contributed by atoms with Crippen molar-refractivity contribution in [1.82, 2.24) is 25.2 Å². The first kappa shape index (κ1) is 10.3. The van der Waals surface area contributed by atoms with Crippen LogP contribution in [0.2, 0.25) is 0 Å². The fourth-order valence-electron chi connectivity index (χ4n) is 1.44. The first-order valence-electron chi connectivity index (χ1n) is 4.77. The summed E-state index contributed by atoms with van der Waals surface area (Å²) in [4.78, 5) is 11.7. The van der Waals surface area contributed by atoms with Gasteiger partial charge < -0.3 is 5.32 Å². The Balaban J connectivity index is 2.25. The lowest BCUT2D eigenvalue weighted by molar-refractivity contribution is 0.102. The monoisotopic (exact) mass is 220 g/mol. The summed E-state index contributed by atoms with van der Waals surface area (Å²) in [6.45, 7) is 3.73. The summed E-state index contributed by atoms with van der Waals surface area (Å²) >= 11 is 0. The van der Waals surface area contributed by atoms with Crippen LogP contribution in [0.5, 0.6) is 0 Å². The molecule has 0 aliphatic carbocycles. The number of anilines is 1. The minimum absolute atomic E-state index is 0.252. The second-order valence-corrected chi connectivity index (χ2v) is 3.48. The smallest absolute Gasteiger partial charge is 0.277 e. The molecule has 84 valence electrons. The zero-order valence-electron chi connectivity index (χ0n) is 9.27. The Labute approximate surface area is 91.9 Å². The third-order valence-corrected chi connectivity index (χ3v) is 2.40. The molecule has 0 saturated heterocycles. The van der Waals surface area contributed by atoms with E-state index < -0.39 is 0 Å². The molecule has 0 atom stereocenters. The highest BCUT2D eigenvalue weighted by Crippen LogP contribution is 2.18. The van der Waals surface area contributed by atoms with Crippen LogP contribution in [0.25, 0.3) is 0 Å². The molecule has 0 aromatic carbocycles. The van der Waals surface area contributed by atoms with Crippen molar-refractivity contribution in [2.75, 3.05) is 5.32 Å². The van der Waals surface area contributed by atoms with Gasteiger partial charge in [-0.15, -0.1) is 0 Å². The lowest BCUT2D eigenvalue weighted by Gasteiger charge is -2.02. The maximum Gasteiger partial charge on any atom is 0.277 e. The van der Waals surface area contributed by atoms with Crippen molar-refractivity contribution in [3.05, 3.63) is 23.3 Å². The van der Waals surface area contributed by atoms with E-state index in [2.05, 4.69) is 25.8 Å². The topological polar surface area (TPSA) is 88.5 Å². The molecular formula is C9H12N6O. The van der Waals surface area contributed by atoms with Gasteiger partial charge in [0.25, 0.3) is 5.91 Å². The van der Waals surface area contributed by atoms with E-state index in [4.69, 9.17) is 0 Å². The first-order valence-corrected chi connectivity index (χ1v) is 4.77. The van der Waals surface area contributed by atoms with Gasteiger partial charge in [-0.3, -0.25) is 9.48 Å². The zero-order chi connectivity index (χ0) is 11.7. The summed E-state index contributed by atoms with van der Waals surface area (Å²) in [6, 6.07) is 0. The number of nitrogens with zero attached hydrogens (tertiary/aromatic N) is 4. The van der Waals surface area contributed by atoms with E-state index in [1.54, 1.807) is 4.68 Å². The van der Waals surface area contributed by atoms with Gasteiger partial charge in [-0.2, -0.15) is 20.5 Å². The van der Waals surface area contributed by atoms with Crippen molar-refractivity contribution in [2.45, 2.75) is 13.8 Å². The van der Waals surface area contributed by atoms with E-state index in [-0.39, 0.29) is 11.6 Å². The van der Waals surface area contributed by atoms with Crippen LogP contribution in [0.3, 0.4) is 0 Å². The van der Waals surface area contributed by atoms with Crippen molar-refractivity contribution in [1.29, 1.82) is 0 Å². The van der Waals surface area contributed by atoms with Gasteiger partial charge in [-0.1, -0.05) is 0 Å². The molecule has 0 bridgehead atoms. The van der Waals surface area contributed by atoms with Crippen molar-refractivity contribution in [2.24, 2.45) is 7.05 Å². The second kappa shape index (κ2) is 3.76. The Morgan fingerprint density at radius 3 is 2.75 bits per heavy atom. The number of hydrogen-bond acceptors (Lipinski definition) is 4. The number of amides is 1. The van der Waals surface area contributed by atoms with Crippen molar-refractivity contribution < 1.29 is 4.79 Å². The Morgan fingerprint density at radius 2 is 2.25 bits per heavy atom. The van der Waals surface area contributed by atoms with E-state index in [1.165, 1.54) is 6.20 Å².